The Hall–Kier alpha value is -1.87. The van der Waals surface area contributed by atoms with E-state index in [2.05, 4.69) is 38.2 Å². The molecule has 3 rings (SSSR count). The van der Waals surface area contributed by atoms with Crippen LogP contribution in [0.25, 0.3) is 5.57 Å². The number of allylic oxidation sites excluding steroid dienone is 2. The number of fused-ring (bicyclic) bond motifs is 1. The minimum atomic E-state index is -0.290. The number of nitrogens with one attached hydrogen (secondary N) is 1. The number of rotatable bonds is 2. The van der Waals surface area contributed by atoms with Crippen LogP contribution < -0.4 is 5.32 Å². The summed E-state index contributed by atoms with van der Waals surface area (Å²) in [6, 6.07) is 7.76. The van der Waals surface area contributed by atoms with Gasteiger partial charge in [-0.3, -0.25) is 0 Å². The zero-order chi connectivity index (χ0) is 16.7. The number of benzene rings is 1. The van der Waals surface area contributed by atoms with Gasteiger partial charge >= 0.3 is 5.97 Å². The summed E-state index contributed by atoms with van der Waals surface area (Å²) < 4.78 is 4.78. The molecule has 0 radical (unpaired) electrons. The van der Waals surface area contributed by atoms with Crippen LogP contribution in [0.15, 0.2) is 42.0 Å². The van der Waals surface area contributed by atoms with Crippen molar-refractivity contribution in [2.75, 3.05) is 20.2 Å². The fourth-order valence-corrected chi connectivity index (χ4v) is 4.17. The first-order chi connectivity index (χ1) is 10.9. The van der Waals surface area contributed by atoms with Gasteiger partial charge < -0.3 is 10.1 Å². The molecule has 0 amide bonds. The SMILES string of the molecule is COC(=O)c1ccc(C2=CC[C@]3(C)CNCC=C3C2(C)C)cc1. The second-order valence-corrected chi connectivity index (χ2v) is 7.33. The Labute approximate surface area is 138 Å². The maximum atomic E-state index is 11.6. The van der Waals surface area contributed by atoms with Crippen LogP contribution >= 0.6 is 0 Å². The van der Waals surface area contributed by atoms with Crippen molar-refractivity contribution in [3.63, 3.8) is 0 Å². The molecule has 0 bridgehead atoms. The van der Waals surface area contributed by atoms with Crippen LogP contribution in [0.4, 0.5) is 0 Å². The van der Waals surface area contributed by atoms with Gasteiger partial charge in [0.15, 0.2) is 0 Å². The highest BCUT2D eigenvalue weighted by Gasteiger charge is 2.44. The number of ether oxygens (including phenoxy) is 1. The number of hydrogen-bond donors (Lipinski definition) is 1. The lowest BCUT2D eigenvalue weighted by atomic mass is 9.58. The molecule has 3 nitrogen and oxygen atoms in total. The quantitative estimate of drug-likeness (QED) is 0.666. The topological polar surface area (TPSA) is 38.3 Å². The fourth-order valence-electron chi connectivity index (χ4n) is 4.17. The van der Waals surface area contributed by atoms with Crippen LogP contribution in [0.1, 0.15) is 43.1 Å². The highest BCUT2D eigenvalue weighted by molar-refractivity contribution is 5.90. The first kappa shape index (κ1) is 16.0. The fraction of sp³-hybridized carbons (Fsp3) is 0.450. The molecule has 3 heteroatoms. The van der Waals surface area contributed by atoms with Crippen molar-refractivity contribution in [2.45, 2.75) is 27.2 Å². The first-order valence-electron chi connectivity index (χ1n) is 8.20. The average molecular weight is 311 g/mol. The maximum absolute atomic E-state index is 11.6. The summed E-state index contributed by atoms with van der Waals surface area (Å²) in [5.41, 5.74) is 4.86. The average Bonchev–Trinajstić information content (AvgIpc) is 2.54. The van der Waals surface area contributed by atoms with Crippen LogP contribution in [0.5, 0.6) is 0 Å². The number of esters is 1. The second kappa shape index (κ2) is 5.64. The van der Waals surface area contributed by atoms with Crippen molar-refractivity contribution in [1.82, 2.24) is 5.32 Å². The molecule has 1 heterocycles. The van der Waals surface area contributed by atoms with Crippen LogP contribution in [0.2, 0.25) is 0 Å². The second-order valence-electron chi connectivity index (χ2n) is 7.33. The van der Waals surface area contributed by atoms with Gasteiger partial charge in [0, 0.05) is 23.9 Å². The molecule has 0 saturated carbocycles. The van der Waals surface area contributed by atoms with Crippen molar-refractivity contribution >= 4 is 11.5 Å². The molecule has 1 aromatic carbocycles. The smallest absolute Gasteiger partial charge is 0.337 e. The lowest BCUT2D eigenvalue weighted by Gasteiger charge is -2.48. The Morgan fingerprint density at radius 2 is 1.83 bits per heavy atom. The molecule has 1 aromatic rings. The molecule has 0 unspecified atom stereocenters. The Bertz CT molecular complexity index is 682. The van der Waals surface area contributed by atoms with E-state index in [1.165, 1.54) is 23.8 Å². The van der Waals surface area contributed by atoms with E-state index in [0.717, 1.165) is 19.5 Å². The largest absolute Gasteiger partial charge is 0.465 e. The highest BCUT2D eigenvalue weighted by Crippen LogP contribution is 2.54. The standard InChI is InChI=1S/C20H25NO2/c1-19(2)16(9-11-20(3)13-21-12-10-17(19)20)14-5-7-15(8-6-14)18(22)23-4/h5-10,21H,11-13H2,1-4H3/t20-/m1/s1. The number of carbonyl (C=O) groups excluding carboxylic acids is 1. The predicted molar refractivity (Wildman–Crippen MR) is 93.2 cm³/mol. The lowest BCUT2D eigenvalue weighted by molar-refractivity contribution is 0.0600. The first-order valence-corrected chi connectivity index (χ1v) is 8.20. The summed E-state index contributed by atoms with van der Waals surface area (Å²) in [6.07, 6.45) is 5.78. The summed E-state index contributed by atoms with van der Waals surface area (Å²) in [5.74, 6) is -0.290. The van der Waals surface area contributed by atoms with Gasteiger partial charge in [-0.15, -0.1) is 0 Å². The van der Waals surface area contributed by atoms with Gasteiger partial charge in [-0.2, -0.15) is 0 Å². The summed E-state index contributed by atoms with van der Waals surface area (Å²) in [7, 11) is 1.41. The Balaban J connectivity index is 1.98. The predicted octanol–water partition coefficient (Wildman–Crippen LogP) is 3.82. The highest BCUT2D eigenvalue weighted by atomic mass is 16.5. The normalized spacial score (nSPS) is 25.9. The third-order valence-electron chi connectivity index (χ3n) is 5.34. The molecule has 1 atom stereocenters. The van der Waals surface area contributed by atoms with Crippen molar-refractivity contribution < 1.29 is 9.53 Å². The Morgan fingerprint density at radius 3 is 2.48 bits per heavy atom. The van der Waals surface area contributed by atoms with E-state index >= 15 is 0 Å². The third-order valence-corrected chi connectivity index (χ3v) is 5.34. The summed E-state index contributed by atoms with van der Waals surface area (Å²) in [4.78, 5) is 11.6. The maximum Gasteiger partial charge on any atom is 0.337 e. The molecule has 1 aliphatic heterocycles. The summed E-state index contributed by atoms with van der Waals surface area (Å²) >= 11 is 0. The third kappa shape index (κ3) is 2.63. The molecule has 0 spiro atoms. The molecule has 0 saturated heterocycles. The number of hydrogen-bond acceptors (Lipinski definition) is 3. The Kier molecular flexibility index (Phi) is 3.93. The van der Waals surface area contributed by atoms with Crippen LogP contribution in [-0.2, 0) is 4.74 Å². The van der Waals surface area contributed by atoms with Gasteiger partial charge in [-0.05, 0) is 29.7 Å². The number of carbonyl (C=O) groups is 1. The molecule has 1 aliphatic carbocycles. The van der Waals surface area contributed by atoms with Crippen molar-refractivity contribution in [3.8, 4) is 0 Å². The minimum absolute atomic E-state index is 0.00187. The monoisotopic (exact) mass is 311 g/mol. The zero-order valence-electron chi connectivity index (χ0n) is 14.4. The van der Waals surface area contributed by atoms with E-state index in [1.807, 2.05) is 24.3 Å². The van der Waals surface area contributed by atoms with Crippen LogP contribution in [0.3, 0.4) is 0 Å². The van der Waals surface area contributed by atoms with Crippen molar-refractivity contribution in [3.05, 3.63) is 53.1 Å². The lowest BCUT2D eigenvalue weighted by Crippen LogP contribution is -2.44. The van der Waals surface area contributed by atoms with E-state index in [-0.39, 0.29) is 16.8 Å². The molecule has 23 heavy (non-hydrogen) atoms. The molecule has 2 aliphatic rings. The van der Waals surface area contributed by atoms with Gasteiger partial charge in [0.1, 0.15) is 0 Å². The Morgan fingerprint density at radius 1 is 1.13 bits per heavy atom. The van der Waals surface area contributed by atoms with Crippen molar-refractivity contribution in [1.29, 1.82) is 0 Å². The summed E-state index contributed by atoms with van der Waals surface area (Å²) in [5, 5.41) is 3.49. The number of methoxy groups -OCH3 is 1. The zero-order valence-corrected chi connectivity index (χ0v) is 14.4. The van der Waals surface area contributed by atoms with Gasteiger partial charge in [-0.1, -0.05) is 50.6 Å². The van der Waals surface area contributed by atoms with Crippen LogP contribution in [-0.4, -0.2) is 26.2 Å². The van der Waals surface area contributed by atoms with E-state index < -0.39 is 0 Å². The van der Waals surface area contributed by atoms with Crippen molar-refractivity contribution in [2.24, 2.45) is 10.8 Å². The van der Waals surface area contributed by atoms with E-state index in [1.54, 1.807) is 0 Å². The molecular formula is C20H25NO2. The van der Waals surface area contributed by atoms with E-state index in [4.69, 9.17) is 4.74 Å². The van der Waals surface area contributed by atoms with Gasteiger partial charge in [-0.25, -0.2) is 4.79 Å². The molecule has 1 N–H and O–H groups in total. The van der Waals surface area contributed by atoms with Gasteiger partial charge in [0.2, 0.25) is 0 Å². The van der Waals surface area contributed by atoms with Gasteiger partial charge in [0.05, 0.1) is 12.7 Å². The molecular weight excluding hydrogens is 286 g/mol. The molecule has 0 aromatic heterocycles. The minimum Gasteiger partial charge on any atom is -0.465 e. The summed E-state index contributed by atoms with van der Waals surface area (Å²) in [6.45, 7) is 8.94. The van der Waals surface area contributed by atoms with Gasteiger partial charge in [0.25, 0.3) is 0 Å². The van der Waals surface area contributed by atoms with Crippen LogP contribution in [0, 0.1) is 10.8 Å². The molecule has 0 fully saturated rings. The molecule has 122 valence electrons. The van der Waals surface area contributed by atoms with E-state index in [9.17, 15) is 4.79 Å². The van der Waals surface area contributed by atoms with E-state index in [0.29, 0.717) is 5.56 Å².